The van der Waals surface area contributed by atoms with Crippen molar-refractivity contribution < 1.29 is 9.59 Å². The summed E-state index contributed by atoms with van der Waals surface area (Å²) in [5.74, 6) is -0.473. The van der Waals surface area contributed by atoms with Crippen LogP contribution in [0.5, 0.6) is 0 Å². The Labute approximate surface area is 177 Å². The second kappa shape index (κ2) is 9.69. The molecule has 30 heavy (non-hydrogen) atoms. The molecule has 2 amide bonds. The number of benzene rings is 2. The molecule has 2 N–H and O–H groups in total. The first-order valence-corrected chi connectivity index (χ1v) is 9.76. The highest BCUT2D eigenvalue weighted by Crippen LogP contribution is 2.22. The summed E-state index contributed by atoms with van der Waals surface area (Å²) in [5.41, 5.74) is 4.00. The molecule has 0 aliphatic rings. The van der Waals surface area contributed by atoms with Crippen LogP contribution < -0.4 is 10.6 Å². The van der Waals surface area contributed by atoms with Gasteiger partial charge < -0.3 is 15.5 Å². The van der Waals surface area contributed by atoms with Crippen LogP contribution >= 0.6 is 0 Å². The molecule has 0 saturated carbocycles. The third-order valence-electron chi connectivity index (χ3n) is 4.88. The van der Waals surface area contributed by atoms with Crippen molar-refractivity contribution in [2.45, 2.75) is 19.5 Å². The van der Waals surface area contributed by atoms with Gasteiger partial charge in [-0.2, -0.15) is 0 Å². The molecule has 1 aromatic heterocycles. The molecule has 0 radical (unpaired) electrons. The maximum absolute atomic E-state index is 13.1. The summed E-state index contributed by atoms with van der Waals surface area (Å²) in [6.07, 6.45) is 3.54. The number of anilines is 1. The van der Waals surface area contributed by atoms with E-state index in [0.29, 0.717) is 12.1 Å². The lowest BCUT2D eigenvalue weighted by atomic mass is 10.0. The summed E-state index contributed by atoms with van der Waals surface area (Å²) < 4.78 is 0. The van der Waals surface area contributed by atoms with E-state index in [1.165, 1.54) is 4.90 Å². The van der Waals surface area contributed by atoms with Crippen LogP contribution in [0, 0.1) is 6.92 Å². The normalized spacial score (nSPS) is 11.4. The molecule has 0 saturated heterocycles. The number of nitrogens with zero attached hydrogens (tertiary/aromatic N) is 2. The summed E-state index contributed by atoms with van der Waals surface area (Å²) in [6.45, 7) is 2.50. The van der Waals surface area contributed by atoms with Gasteiger partial charge in [0.15, 0.2) is 0 Å². The van der Waals surface area contributed by atoms with Crippen molar-refractivity contribution in [2.24, 2.45) is 0 Å². The van der Waals surface area contributed by atoms with Gasteiger partial charge in [-0.15, -0.1) is 0 Å². The number of hydrogen-bond donors (Lipinski definition) is 2. The Bertz CT molecular complexity index is 1000. The molecule has 3 rings (SSSR count). The minimum Gasteiger partial charge on any atom is -0.381 e. The molecular formula is C24H26N4O2. The van der Waals surface area contributed by atoms with Crippen molar-refractivity contribution in [3.8, 4) is 0 Å². The van der Waals surface area contributed by atoms with Crippen LogP contribution in [0.3, 0.4) is 0 Å². The van der Waals surface area contributed by atoms with Crippen LogP contribution in [0.25, 0.3) is 0 Å². The lowest BCUT2D eigenvalue weighted by molar-refractivity contribution is -0.130. The highest BCUT2D eigenvalue weighted by atomic mass is 16.2. The Morgan fingerprint density at radius 3 is 2.43 bits per heavy atom. The molecule has 0 aliphatic carbocycles. The standard InChI is InChI=1S/C24H26N4O2/c1-17-20(12-7-13-21(17)26-16-18-9-8-14-25-15-18)23(29)27-22(24(30)28(2)3)19-10-5-4-6-11-19/h4-15,22,26H,16H2,1-3H3,(H,27,29). The summed E-state index contributed by atoms with van der Waals surface area (Å²) in [4.78, 5) is 31.4. The quantitative estimate of drug-likeness (QED) is 0.634. The Morgan fingerprint density at radius 2 is 1.77 bits per heavy atom. The van der Waals surface area contributed by atoms with Crippen molar-refractivity contribution in [3.63, 3.8) is 0 Å². The zero-order valence-electron chi connectivity index (χ0n) is 17.4. The third kappa shape index (κ3) is 5.03. The second-order valence-electron chi connectivity index (χ2n) is 7.24. The Hall–Kier alpha value is -3.67. The molecule has 0 spiro atoms. The second-order valence-corrected chi connectivity index (χ2v) is 7.24. The molecule has 6 nitrogen and oxygen atoms in total. The van der Waals surface area contributed by atoms with Gasteiger partial charge in [0, 0.05) is 44.3 Å². The lowest BCUT2D eigenvalue weighted by Gasteiger charge is -2.23. The summed E-state index contributed by atoms with van der Waals surface area (Å²) >= 11 is 0. The van der Waals surface area contributed by atoms with E-state index in [0.717, 1.165) is 22.4 Å². The summed E-state index contributed by atoms with van der Waals surface area (Å²) in [5, 5.41) is 6.26. The first kappa shape index (κ1) is 21.0. The molecule has 0 aliphatic heterocycles. The van der Waals surface area contributed by atoms with Gasteiger partial charge in [0.1, 0.15) is 6.04 Å². The van der Waals surface area contributed by atoms with E-state index in [1.807, 2.05) is 61.5 Å². The minimum absolute atomic E-state index is 0.182. The number of nitrogens with one attached hydrogen (secondary N) is 2. The topological polar surface area (TPSA) is 74.3 Å². The van der Waals surface area contributed by atoms with Crippen molar-refractivity contribution in [2.75, 3.05) is 19.4 Å². The SMILES string of the molecule is Cc1c(NCc2cccnc2)cccc1C(=O)NC(C(=O)N(C)C)c1ccccc1. The first-order valence-electron chi connectivity index (χ1n) is 9.76. The number of carbonyl (C=O) groups excluding carboxylic acids is 2. The monoisotopic (exact) mass is 402 g/mol. The number of aromatic nitrogens is 1. The Balaban J connectivity index is 1.80. The van der Waals surface area contributed by atoms with Crippen molar-refractivity contribution >= 4 is 17.5 Å². The number of hydrogen-bond acceptors (Lipinski definition) is 4. The first-order chi connectivity index (χ1) is 14.5. The Morgan fingerprint density at radius 1 is 1.00 bits per heavy atom. The van der Waals surface area contributed by atoms with Gasteiger partial charge in [-0.25, -0.2) is 0 Å². The fourth-order valence-electron chi connectivity index (χ4n) is 3.17. The highest BCUT2D eigenvalue weighted by molar-refractivity contribution is 6.00. The van der Waals surface area contributed by atoms with E-state index in [2.05, 4.69) is 15.6 Å². The minimum atomic E-state index is -0.750. The zero-order valence-corrected chi connectivity index (χ0v) is 17.4. The Kier molecular flexibility index (Phi) is 6.80. The molecule has 154 valence electrons. The summed E-state index contributed by atoms with van der Waals surface area (Å²) in [6, 6.07) is 17.9. The fraction of sp³-hybridized carbons (Fsp3) is 0.208. The van der Waals surface area contributed by atoms with Crippen LogP contribution in [0.1, 0.15) is 33.1 Å². The van der Waals surface area contributed by atoms with E-state index in [1.54, 1.807) is 32.6 Å². The van der Waals surface area contributed by atoms with Crippen LogP contribution in [-0.2, 0) is 11.3 Å². The maximum Gasteiger partial charge on any atom is 0.252 e. The number of pyridine rings is 1. The average molecular weight is 402 g/mol. The van der Waals surface area contributed by atoms with E-state index >= 15 is 0 Å². The molecule has 0 bridgehead atoms. The molecule has 1 unspecified atom stereocenters. The van der Waals surface area contributed by atoms with Crippen LogP contribution in [-0.4, -0.2) is 35.8 Å². The molecule has 1 atom stereocenters. The van der Waals surface area contributed by atoms with E-state index in [-0.39, 0.29) is 11.8 Å². The number of likely N-dealkylation sites (N-methyl/N-ethyl adjacent to an activating group) is 1. The molecule has 2 aromatic carbocycles. The van der Waals surface area contributed by atoms with Gasteiger partial charge >= 0.3 is 0 Å². The van der Waals surface area contributed by atoms with E-state index in [9.17, 15) is 9.59 Å². The molecular weight excluding hydrogens is 376 g/mol. The lowest BCUT2D eigenvalue weighted by Crippen LogP contribution is -2.40. The largest absolute Gasteiger partial charge is 0.381 e. The zero-order chi connectivity index (χ0) is 21.5. The molecule has 3 aromatic rings. The smallest absolute Gasteiger partial charge is 0.252 e. The van der Waals surface area contributed by atoms with E-state index in [4.69, 9.17) is 0 Å². The van der Waals surface area contributed by atoms with Gasteiger partial charge in [0.2, 0.25) is 5.91 Å². The molecule has 0 fully saturated rings. The third-order valence-corrected chi connectivity index (χ3v) is 4.88. The van der Waals surface area contributed by atoms with E-state index < -0.39 is 6.04 Å². The number of amides is 2. The molecule has 1 heterocycles. The number of rotatable bonds is 7. The van der Waals surface area contributed by atoms with Gasteiger partial charge in [0.05, 0.1) is 0 Å². The maximum atomic E-state index is 13.1. The summed E-state index contributed by atoms with van der Waals surface area (Å²) in [7, 11) is 3.36. The molecule has 6 heteroatoms. The van der Waals surface area contributed by atoms with Gasteiger partial charge in [0.25, 0.3) is 5.91 Å². The van der Waals surface area contributed by atoms with Crippen LogP contribution in [0.2, 0.25) is 0 Å². The fourth-order valence-corrected chi connectivity index (χ4v) is 3.17. The van der Waals surface area contributed by atoms with Gasteiger partial charge in [-0.1, -0.05) is 42.5 Å². The van der Waals surface area contributed by atoms with Crippen molar-refractivity contribution in [3.05, 3.63) is 95.3 Å². The van der Waals surface area contributed by atoms with Crippen molar-refractivity contribution in [1.82, 2.24) is 15.2 Å². The average Bonchev–Trinajstić information content (AvgIpc) is 2.77. The van der Waals surface area contributed by atoms with Gasteiger partial charge in [-0.05, 0) is 41.8 Å². The predicted octanol–water partition coefficient (Wildman–Crippen LogP) is 3.56. The highest BCUT2D eigenvalue weighted by Gasteiger charge is 2.25. The van der Waals surface area contributed by atoms with Crippen LogP contribution in [0.4, 0.5) is 5.69 Å². The van der Waals surface area contributed by atoms with Crippen LogP contribution in [0.15, 0.2) is 73.1 Å². The van der Waals surface area contributed by atoms with Gasteiger partial charge in [-0.3, -0.25) is 14.6 Å². The predicted molar refractivity (Wildman–Crippen MR) is 118 cm³/mol. The van der Waals surface area contributed by atoms with Crippen molar-refractivity contribution in [1.29, 1.82) is 0 Å². The number of carbonyl (C=O) groups is 2.